The van der Waals surface area contributed by atoms with Gasteiger partial charge in [-0.05, 0) is 66.8 Å². The summed E-state index contributed by atoms with van der Waals surface area (Å²) >= 11 is 11.1. The van der Waals surface area contributed by atoms with Gasteiger partial charge in [-0.3, -0.25) is 14.9 Å². The Morgan fingerprint density at radius 2 is 1.80 bits per heavy atom. The molecular formula is C22H15ClN2O4S. The molecule has 0 saturated carbocycles. The quantitative estimate of drug-likeness (QED) is 0.370. The van der Waals surface area contributed by atoms with E-state index < -0.39 is 11.8 Å². The first-order chi connectivity index (χ1) is 14.5. The number of furan rings is 1. The molecule has 1 aliphatic rings. The van der Waals surface area contributed by atoms with Gasteiger partial charge in [0.1, 0.15) is 22.8 Å². The van der Waals surface area contributed by atoms with Crippen molar-refractivity contribution in [2.24, 2.45) is 0 Å². The first-order valence-electron chi connectivity index (χ1n) is 8.88. The van der Waals surface area contributed by atoms with Gasteiger partial charge in [0.15, 0.2) is 5.11 Å². The summed E-state index contributed by atoms with van der Waals surface area (Å²) in [6.07, 6.45) is 1.39. The van der Waals surface area contributed by atoms with Gasteiger partial charge in [0.25, 0.3) is 11.8 Å². The largest absolute Gasteiger partial charge is 0.495 e. The molecule has 1 saturated heterocycles. The maximum absolute atomic E-state index is 13.1. The Kier molecular flexibility index (Phi) is 5.39. The van der Waals surface area contributed by atoms with Gasteiger partial charge in [-0.25, -0.2) is 4.90 Å². The number of para-hydroxylation sites is 2. The minimum atomic E-state index is -0.597. The molecule has 1 fully saturated rings. The van der Waals surface area contributed by atoms with Gasteiger partial charge in [-0.2, -0.15) is 0 Å². The lowest BCUT2D eigenvalue weighted by Gasteiger charge is -2.29. The van der Waals surface area contributed by atoms with Crippen molar-refractivity contribution in [3.05, 3.63) is 77.0 Å². The number of carbonyl (C=O) groups excluding carboxylic acids is 2. The van der Waals surface area contributed by atoms with E-state index in [4.69, 9.17) is 33.0 Å². The fourth-order valence-corrected chi connectivity index (χ4v) is 3.43. The number of rotatable bonds is 4. The van der Waals surface area contributed by atoms with E-state index >= 15 is 0 Å². The smallest absolute Gasteiger partial charge is 0.270 e. The molecule has 1 aromatic heterocycles. The molecule has 0 radical (unpaired) electrons. The van der Waals surface area contributed by atoms with Crippen LogP contribution < -0.4 is 15.0 Å². The summed E-state index contributed by atoms with van der Waals surface area (Å²) in [6.45, 7) is 0. The zero-order valence-electron chi connectivity index (χ0n) is 15.7. The van der Waals surface area contributed by atoms with Crippen LogP contribution in [0.2, 0.25) is 5.02 Å². The number of thiocarbonyl (C=S) groups is 1. The van der Waals surface area contributed by atoms with Gasteiger partial charge in [0.05, 0.1) is 12.8 Å². The second kappa shape index (κ2) is 8.14. The van der Waals surface area contributed by atoms with E-state index in [-0.39, 0.29) is 10.7 Å². The van der Waals surface area contributed by atoms with E-state index in [1.165, 1.54) is 18.1 Å². The van der Waals surface area contributed by atoms with Crippen LogP contribution in [0, 0.1) is 0 Å². The number of ether oxygens (including phenoxy) is 1. The second-order valence-electron chi connectivity index (χ2n) is 6.34. The molecule has 2 aromatic carbocycles. The number of hydrogen-bond acceptors (Lipinski definition) is 5. The van der Waals surface area contributed by atoms with Gasteiger partial charge >= 0.3 is 0 Å². The fraction of sp³-hybridized carbons (Fsp3) is 0.0455. The summed E-state index contributed by atoms with van der Waals surface area (Å²) in [7, 11) is 1.49. The van der Waals surface area contributed by atoms with Crippen molar-refractivity contribution in [2.45, 2.75) is 0 Å². The van der Waals surface area contributed by atoms with Crippen molar-refractivity contribution >= 4 is 52.5 Å². The molecule has 6 nitrogen and oxygen atoms in total. The van der Waals surface area contributed by atoms with Gasteiger partial charge in [0.2, 0.25) is 0 Å². The molecule has 0 unspecified atom stereocenters. The lowest BCUT2D eigenvalue weighted by molar-refractivity contribution is -0.122. The van der Waals surface area contributed by atoms with E-state index in [0.717, 1.165) is 5.56 Å². The number of halogens is 1. The van der Waals surface area contributed by atoms with Gasteiger partial charge in [-0.1, -0.05) is 23.7 Å². The molecule has 0 bridgehead atoms. The number of hydrogen-bond donors (Lipinski definition) is 1. The van der Waals surface area contributed by atoms with Crippen molar-refractivity contribution in [3.8, 4) is 17.1 Å². The zero-order valence-corrected chi connectivity index (χ0v) is 17.3. The van der Waals surface area contributed by atoms with E-state index in [2.05, 4.69) is 5.32 Å². The van der Waals surface area contributed by atoms with Gasteiger partial charge < -0.3 is 9.15 Å². The molecule has 150 valence electrons. The van der Waals surface area contributed by atoms with Crippen LogP contribution in [0.3, 0.4) is 0 Å². The third-order valence-corrected chi connectivity index (χ3v) is 5.01. The van der Waals surface area contributed by atoms with E-state index in [0.29, 0.717) is 28.0 Å². The molecule has 3 aromatic rings. The van der Waals surface area contributed by atoms with Crippen molar-refractivity contribution in [1.82, 2.24) is 5.32 Å². The lowest BCUT2D eigenvalue weighted by Crippen LogP contribution is -2.54. The normalized spacial score (nSPS) is 15.5. The number of amides is 2. The maximum atomic E-state index is 13.1. The van der Waals surface area contributed by atoms with Gasteiger partial charge in [-0.15, -0.1) is 0 Å². The summed E-state index contributed by atoms with van der Waals surface area (Å²) in [5.74, 6) is 0.218. The highest BCUT2D eigenvalue weighted by Crippen LogP contribution is 2.31. The summed E-state index contributed by atoms with van der Waals surface area (Å²) < 4.78 is 11.1. The summed E-state index contributed by atoms with van der Waals surface area (Å²) in [4.78, 5) is 26.8. The van der Waals surface area contributed by atoms with Crippen molar-refractivity contribution < 1.29 is 18.7 Å². The van der Waals surface area contributed by atoms with E-state index in [1.807, 2.05) is 12.1 Å². The van der Waals surface area contributed by atoms with Crippen LogP contribution in [0.15, 0.2) is 70.7 Å². The van der Waals surface area contributed by atoms with Crippen molar-refractivity contribution in [2.75, 3.05) is 12.0 Å². The summed E-state index contributed by atoms with van der Waals surface area (Å²) in [5, 5.41) is 3.14. The first-order valence-corrected chi connectivity index (χ1v) is 9.67. The van der Waals surface area contributed by atoms with Crippen LogP contribution in [0.1, 0.15) is 5.76 Å². The molecule has 0 aliphatic carbocycles. The lowest BCUT2D eigenvalue weighted by atomic mass is 10.1. The Balaban J connectivity index is 1.69. The van der Waals surface area contributed by atoms with Gasteiger partial charge in [0, 0.05) is 10.6 Å². The topological polar surface area (TPSA) is 71.8 Å². The molecule has 2 heterocycles. The third kappa shape index (κ3) is 3.72. The second-order valence-corrected chi connectivity index (χ2v) is 7.16. The number of anilines is 1. The average Bonchev–Trinajstić information content (AvgIpc) is 3.20. The number of nitrogens with one attached hydrogen (secondary N) is 1. The monoisotopic (exact) mass is 438 g/mol. The molecule has 0 spiro atoms. The molecule has 2 amide bonds. The molecule has 4 rings (SSSR count). The average molecular weight is 439 g/mol. The Hall–Kier alpha value is -3.42. The zero-order chi connectivity index (χ0) is 21.3. The fourth-order valence-electron chi connectivity index (χ4n) is 3.03. The molecule has 30 heavy (non-hydrogen) atoms. The molecular weight excluding hydrogens is 424 g/mol. The minimum Gasteiger partial charge on any atom is -0.495 e. The Morgan fingerprint density at radius 3 is 2.53 bits per heavy atom. The van der Waals surface area contributed by atoms with Crippen LogP contribution in [0.25, 0.3) is 17.4 Å². The summed E-state index contributed by atoms with van der Waals surface area (Å²) in [6, 6.07) is 17.5. The minimum absolute atomic E-state index is 0.0204. The molecule has 1 aliphatic heterocycles. The number of nitrogens with zero attached hydrogens (tertiary/aromatic N) is 1. The number of carbonyl (C=O) groups is 2. The molecule has 0 atom stereocenters. The Bertz CT molecular complexity index is 1180. The highest BCUT2D eigenvalue weighted by atomic mass is 35.5. The Morgan fingerprint density at radius 1 is 1.07 bits per heavy atom. The van der Waals surface area contributed by atoms with Crippen LogP contribution in [0.4, 0.5) is 5.69 Å². The molecule has 8 heteroatoms. The third-order valence-electron chi connectivity index (χ3n) is 4.47. The number of benzene rings is 2. The highest BCUT2D eigenvalue weighted by molar-refractivity contribution is 7.80. The maximum Gasteiger partial charge on any atom is 0.270 e. The van der Waals surface area contributed by atoms with E-state index in [9.17, 15) is 9.59 Å². The summed E-state index contributed by atoms with van der Waals surface area (Å²) in [5.41, 5.74) is 1.15. The standard InChI is InChI=1S/C22H15ClN2O4S/c1-28-19-5-3-2-4-17(19)25-21(27)16(20(26)24-22(25)30)12-15-10-11-18(29-15)13-6-8-14(23)9-7-13/h2-12H,1H3,(H,24,26,30)/b16-12+. The van der Waals surface area contributed by atoms with Crippen LogP contribution in [-0.4, -0.2) is 24.0 Å². The number of methoxy groups -OCH3 is 1. The van der Waals surface area contributed by atoms with Crippen molar-refractivity contribution in [3.63, 3.8) is 0 Å². The molecule has 1 N–H and O–H groups in total. The predicted molar refractivity (Wildman–Crippen MR) is 118 cm³/mol. The van der Waals surface area contributed by atoms with Crippen molar-refractivity contribution in [1.29, 1.82) is 0 Å². The predicted octanol–water partition coefficient (Wildman–Crippen LogP) is 4.44. The highest BCUT2D eigenvalue weighted by Gasteiger charge is 2.36. The van der Waals surface area contributed by atoms with Crippen LogP contribution >= 0.6 is 23.8 Å². The SMILES string of the molecule is COc1ccccc1N1C(=O)/C(=C/c2ccc(-c3ccc(Cl)cc3)o2)C(=O)NC1=S. The first kappa shape index (κ1) is 19.9. The van der Waals surface area contributed by atoms with E-state index in [1.54, 1.807) is 48.5 Å². The van der Waals surface area contributed by atoms with Crippen LogP contribution in [-0.2, 0) is 9.59 Å². The van der Waals surface area contributed by atoms with Crippen LogP contribution in [0.5, 0.6) is 5.75 Å². The Labute approximate surface area is 182 Å².